The Morgan fingerprint density at radius 3 is 2.63 bits per heavy atom. The van der Waals surface area contributed by atoms with Crippen molar-refractivity contribution in [3.8, 4) is 11.5 Å². The summed E-state index contributed by atoms with van der Waals surface area (Å²) in [6.45, 7) is 6.98. The van der Waals surface area contributed by atoms with Crippen molar-refractivity contribution in [3.05, 3.63) is 17.4 Å². The van der Waals surface area contributed by atoms with Crippen molar-refractivity contribution in [1.82, 2.24) is 14.9 Å². The van der Waals surface area contributed by atoms with E-state index < -0.39 is 45.5 Å². The molecule has 0 saturated carbocycles. The molecule has 4 rings (SSSR count). The Morgan fingerprint density at radius 2 is 2.03 bits per heavy atom. The zero-order valence-electron chi connectivity index (χ0n) is 20.0. The number of phenols is 1. The van der Waals surface area contributed by atoms with Gasteiger partial charge in [-0.05, 0) is 52.5 Å². The van der Waals surface area contributed by atoms with E-state index in [4.69, 9.17) is 9.47 Å². The van der Waals surface area contributed by atoms with Crippen molar-refractivity contribution < 1.29 is 37.0 Å². The summed E-state index contributed by atoms with van der Waals surface area (Å²) in [5, 5.41) is 13.7. The summed E-state index contributed by atoms with van der Waals surface area (Å²) in [6, 6.07) is 0.947. The number of ether oxygens (including phenoxy) is 2. The molecule has 194 valence electrons. The number of nitrogens with one attached hydrogen (secondary N) is 2. The van der Waals surface area contributed by atoms with Gasteiger partial charge in [0.1, 0.15) is 35.9 Å². The van der Waals surface area contributed by atoms with Gasteiger partial charge in [0.15, 0.2) is 5.82 Å². The maximum absolute atomic E-state index is 15.4. The minimum atomic E-state index is -4.28. The van der Waals surface area contributed by atoms with Gasteiger partial charge in [0.05, 0.1) is 0 Å². The average Bonchev–Trinajstić information content (AvgIpc) is 3.03. The van der Waals surface area contributed by atoms with Crippen LogP contribution in [0.1, 0.15) is 39.2 Å². The Balaban J connectivity index is 1.36. The highest BCUT2D eigenvalue weighted by Gasteiger charge is 2.39. The van der Waals surface area contributed by atoms with E-state index in [-0.39, 0.29) is 36.5 Å². The fraction of sp³-hybridized carbons (Fsp3) is 0.636. The van der Waals surface area contributed by atoms with Crippen LogP contribution in [0.2, 0.25) is 0 Å². The van der Waals surface area contributed by atoms with E-state index in [0.29, 0.717) is 29.9 Å². The molecule has 1 atom stereocenters. The molecule has 1 unspecified atom stereocenters. The largest absolute Gasteiger partial charge is 0.505 e. The highest BCUT2D eigenvalue weighted by Crippen LogP contribution is 2.41. The number of carbonyl (C=O) groups is 2. The number of benzene rings is 1. The second-order valence-electron chi connectivity index (χ2n) is 10.1. The van der Waals surface area contributed by atoms with Crippen LogP contribution >= 0.6 is 0 Å². The highest BCUT2D eigenvalue weighted by molar-refractivity contribution is 7.92. The van der Waals surface area contributed by atoms with Crippen molar-refractivity contribution in [2.45, 2.75) is 51.7 Å². The lowest BCUT2D eigenvalue weighted by molar-refractivity contribution is -0.117. The van der Waals surface area contributed by atoms with Crippen LogP contribution in [0.5, 0.6) is 11.5 Å². The van der Waals surface area contributed by atoms with Gasteiger partial charge in [-0.1, -0.05) is 0 Å². The third-order valence-corrected chi connectivity index (χ3v) is 7.58. The summed E-state index contributed by atoms with van der Waals surface area (Å²) < 4.78 is 53.1. The molecule has 0 spiro atoms. The highest BCUT2D eigenvalue weighted by atomic mass is 32.2. The molecule has 3 aliphatic heterocycles. The molecule has 35 heavy (non-hydrogen) atoms. The van der Waals surface area contributed by atoms with Crippen molar-refractivity contribution in [2.75, 3.05) is 37.1 Å². The van der Waals surface area contributed by atoms with Gasteiger partial charge in [0.2, 0.25) is 0 Å². The minimum absolute atomic E-state index is 0.135. The fourth-order valence-electron chi connectivity index (χ4n) is 4.45. The van der Waals surface area contributed by atoms with Crippen molar-refractivity contribution in [1.29, 1.82) is 0 Å². The monoisotopic (exact) mass is 514 g/mol. The molecule has 13 heteroatoms. The van der Waals surface area contributed by atoms with Crippen LogP contribution in [0.3, 0.4) is 0 Å². The van der Waals surface area contributed by atoms with E-state index in [1.807, 2.05) is 20.8 Å². The molecule has 11 nitrogen and oxygen atoms in total. The summed E-state index contributed by atoms with van der Waals surface area (Å²) in [7, 11) is -4.28. The first-order chi connectivity index (χ1) is 16.3. The Labute approximate surface area is 203 Å². The van der Waals surface area contributed by atoms with Gasteiger partial charge in [-0.3, -0.25) is 4.79 Å². The number of likely N-dealkylation sites (tertiary alicyclic amines) is 1. The van der Waals surface area contributed by atoms with Crippen LogP contribution in [-0.2, 0) is 26.2 Å². The number of halogens is 1. The van der Waals surface area contributed by atoms with Crippen LogP contribution in [0.15, 0.2) is 6.07 Å². The second kappa shape index (κ2) is 9.34. The first-order valence-corrected chi connectivity index (χ1v) is 13.0. The average molecular weight is 515 g/mol. The molecule has 0 bridgehead atoms. The molecule has 1 aromatic rings. The van der Waals surface area contributed by atoms with Crippen molar-refractivity contribution in [2.24, 2.45) is 5.92 Å². The number of nitrogens with zero attached hydrogens (tertiary/aromatic N) is 2. The summed E-state index contributed by atoms with van der Waals surface area (Å²) >= 11 is 0. The molecular formula is C22H31FN4O7S. The maximum atomic E-state index is 15.4. The number of amides is 2. The van der Waals surface area contributed by atoms with E-state index in [9.17, 15) is 23.1 Å². The van der Waals surface area contributed by atoms with E-state index in [1.165, 1.54) is 6.07 Å². The van der Waals surface area contributed by atoms with Gasteiger partial charge >= 0.3 is 16.3 Å². The molecule has 1 aromatic carbocycles. The number of hydrogen-bond donors (Lipinski definition) is 3. The van der Waals surface area contributed by atoms with Gasteiger partial charge in [0.25, 0.3) is 5.91 Å². The smallest absolute Gasteiger partial charge is 0.410 e. The standard InChI is InChI=1S/C22H31FN4O7S/c1-22(2,3)34-21(30)26-6-4-13(5-7-26)10-24-14-8-15-17(33-12-14)9-16(28)20(19(15)23)27-11-18(29)25-35(27,31)32/h9,13-14,24,28H,4-8,10-12H2,1-3H3,(H,25,29). The van der Waals surface area contributed by atoms with E-state index in [1.54, 1.807) is 9.62 Å². The number of rotatable bonds is 4. The van der Waals surface area contributed by atoms with E-state index in [0.717, 1.165) is 12.8 Å². The van der Waals surface area contributed by atoms with Crippen molar-refractivity contribution in [3.63, 3.8) is 0 Å². The zero-order chi connectivity index (χ0) is 25.5. The summed E-state index contributed by atoms with van der Waals surface area (Å²) in [5.41, 5.74) is -0.972. The maximum Gasteiger partial charge on any atom is 0.410 e. The zero-order valence-corrected chi connectivity index (χ0v) is 20.8. The van der Waals surface area contributed by atoms with Gasteiger partial charge in [-0.2, -0.15) is 8.42 Å². The quantitative estimate of drug-likeness (QED) is 0.546. The van der Waals surface area contributed by atoms with Gasteiger partial charge in [-0.25, -0.2) is 18.2 Å². The predicted octanol–water partition coefficient (Wildman–Crippen LogP) is 1.25. The lowest BCUT2D eigenvalue weighted by atomic mass is 9.95. The number of fused-ring (bicyclic) bond motifs is 1. The third kappa shape index (κ3) is 5.56. The number of phenolic OH excluding ortho intramolecular Hbond substituents is 1. The van der Waals surface area contributed by atoms with Gasteiger partial charge in [-0.15, -0.1) is 0 Å². The Morgan fingerprint density at radius 1 is 1.34 bits per heavy atom. The molecule has 3 aliphatic rings. The normalized spacial score (nSPS) is 22.4. The number of carbonyl (C=O) groups excluding carboxylic acids is 2. The molecule has 2 fully saturated rings. The third-order valence-electron chi connectivity index (χ3n) is 6.20. The number of anilines is 1. The van der Waals surface area contributed by atoms with Gasteiger partial charge in [0, 0.05) is 30.8 Å². The predicted molar refractivity (Wildman–Crippen MR) is 124 cm³/mol. The summed E-state index contributed by atoms with van der Waals surface area (Å²) in [5.74, 6) is -1.90. The Hall–Kier alpha value is -2.80. The lowest BCUT2D eigenvalue weighted by Gasteiger charge is -2.34. The lowest BCUT2D eigenvalue weighted by Crippen LogP contribution is -2.46. The molecule has 3 heterocycles. The molecule has 0 aromatic heterocycles. The van der Waals surface area contributed by atoms with Crippen LogP contribution < -0.4 is 19.1 Å². The topological polar surface area (TPSA) is 138 Å². The number of aromatic hydroxyl groups is 1. The SMILES string of the molecule is CC(C)(C)OC(=O)N1CCC(CNC2COc3cc(O)c(N4CC(=O)NS4(=O)=O)c(F)c3C2)CC1. The van der Waals surface area contributed by atoms with E-state index >= 15 is 4.39 Å². The molecule has 3 N–H and O–H groups in total. The van der Waals surface area contributed by atoms with Crippen LogP contribution in [0, 0.1) is 11.7 Å². The Kier molecular flexibility index (Phi) is 6.75. The number of hydrogen-bond acceptors (Lipinski definition) is 8. The van der Waals surface area contributed by atoms with Crippen LogP contribution in [-0.4, -0.2) is 74.9 Å². The first kappa shape index (κ1) is 25.3. The molecule has 0 aliphatic carbocycles. The summed E-state index contributed by atoms with van der Waals surface area (Å²) in [4.78, 5) is 25.5. The Bertz CT molecular complexity index is 1110. The second-order valence-corrected chi connectivity index (χ2v) is 11.7. The molecule has 2 saturated heterocycles. The minimum Gasteiger partial charge on any atom is -0.505 e. The van der Waals surface area contributed by atoms with Crippen molar-refractivity contribution >= 4 is 27.9 Å². The van der Waals surface area contributed by atoms with Crippen LogP contribution in [0.4, 0.5) is 14.9 Å². The van der Waals surface area contributed by atoms with E-state index in [2.05, 4.69) is 5.32 Å². The first-order valence-electron chi connectivity index (χ1n) is 11.6. The fourth-order valence-corrected chi connectivity index (χ4v) is 5.62. The molecule has 2 amide bonds. The molecular weight excluding hydrogens is 483 g/mol. The van der Waals surface area contributed by atoms with Gasteiger partial charge < -0.3 is 24.8 Å². The summed E-state index contributed by atoms with van der Waals surface area (Å²) in [6.07, 6.45) is 1.51. The van der Waals surface area contributed by atoms with Crippen LogP contribution in [0.25, 0.3) is 0 Å². The molecule has 0 radical (unpaired) electrons. The number of piperidine rings is 1.